The lowest BCUT2D eigenvalue weighted by atomic mass is 10.2. The average Bonchev–Trinajstić information content (AvgIpc) is 3.04. The molecule has 0 aliphatic carbocycles. The summed E-state index contributed by atoms with van der Waals surface area (Å²) in [7, 11) is -0.642. The van der Waals surface area contributed by atoms with E-state index in [1.807, 2.05) is 19.1 Å². The van der Waals surface area contributed by atoms with Crippen LogP contribution in [0.5, 0.6) is 0 Å². The van der Waals surface area contributed by atoms with Gasteiger partial charge in [-0.1, -0.05) is 29.4 Å². The summed E-state index contributed by atoms with van der Waals surface area (Å²) >= 11 is 8.85. The molecule has 0 fully saturated rings. The molecule has 1 N–H and O–H groups in total. The van der Waals surface area contributed by atoms with Gasteiger partial charge in [0.2, 0.25) is 15.9 Å². The Hall–Kier alpha value is -1.65. The van der Waals surface area contributed by atoms with E-state index in [1.165, 1.54) is 49.3 Å². The number of sulfonamides is 1. The number of hydrogen-bond donors (Lipinski definition) is 1. The van der Waals surface area contributed by atoms with Crippen molar-refractivity contribution in [1.82, 2.24) is 9.29 Å². The number of carbonyl (C=O) groups is 1. The predicted molar refractivity (Wildman–Crippen MR) is 121 cm³/mol. The van der Waals surface area contributed by atoms with Crippen molar-refractivity contribution < 1.29 is 13.2 Å². The number of aromatic nitrogens is 1. The molecular weight excluding hydrogens is 450 g/mol. The summed E-state index contributed by atoms with van der Waals surface area (Å²) in [5.74, 6) is -0.227. The zero-order valence-corrected chi connectivity index (χ0v) is 19.5. The lowest BCUT2D eigenvalue weighted by molar-refractivity contribution is -0.115. The van der Waals surface area contributed by atoms with E-state index in [1.54, 1.807) is 19.1 Å². The molecule has 0 saturated heterocycles. The highest BCUT2D eigenvalue weighted by Crippen LogP contribution is 2.33. The number of thiazole rings is 1. The van der Waals surface area contributed by atoms with E-state index in [9.17, 15) is 13.2 Å². The molecule has 10 heteroatoms. The molecule has 1 atom stereocenters. The fourth-order valence-corrected chi connectivity index (χ4v) is 5.76. The molecule has 1 heterocycles. The Morgan fingerprint density at radius 3 is 2.66 bits per heavy atom. The smallest absolute Gasteiger partial charge is 0.242 e. The first kappa shape index (κ1) is 22.0. The minimum atomic E-state index is -3.58. The number of benzene rings is 2. The number of amides is 1. The molecule has 1 aromatic heterocycles. The second-order valence-corrected chi connectivity index (χ2v) is 11.8. The van der Waals surface area contributed by atoms with E-state index < -0.39 is 15.3 Å². The van der Waals surface area contributed by atoms with Crippen LogP contribution in [-0.4, -0.2) is 43.0 Å². The number of nitrogens with one attached hydrogen (secondary N) is 1. The molecule has 3 rings (SSSR count). The van der Waals surface area contributed by atoms with Crippen LogP contribution >= 0.6 is 34.7 Å². The highest BCUT2D eigenvalue weighted by atomic mass is 35.5. The van der Waals surface area contributed by atoms with E-state index >= 15 is 0 Å². The maximum atomic E-state index is 12.7. The van der Waals surface area contributed by atoms with Crippen LogP contribution in [0.25, 0.3) is 10.2 Å². The summed E-state index contributed by atoms with van der Waals surface area (Å²) < 4.78 is 27.6. The van der Waals surface area contributed by atoms with Crippen molar-refractivity contribution in [2.24, 2.45) is 0 Å². The number of thioether (sulfide) groups is 1. The molecule has 3 aromatic rings. The minimum Gasteiger partial charge on any atom is -0.325 e. The Bertz CT molecular complexity index is 1180. The average molecular weight is 470 g/mol. The Morgan fingerprint density at radius 1 is 1.24 bits per heavy atom. The molecule has 0 radical (unpaired) electrons. The number of nitrogens with zero attached hydrogens (tertiary/aromatic N) is 2. The maximum absolute atomic E-state index is 12.7. The lowest BCUT2D eigenvalue weighted by Gasteiger charge is -2.16. The molecule has 1 amide bonds. The van der Waals surface area contributed by atoms with Crippen molar-refractivity contribution in [3.63, 3.8) is 0 Å². The van der Waals surface area contributed by atoms with E-state index in [2.05, 4.69) is 10.3 Å². The third-order valence-electron chi connectivity index (χ3n) is 4.22. The summed E-state index contributed by atoms with van der Waals surface area (Å²) in [5.41, 5.74) is 2.05. The van der Waals surface area contributed by atoms with Crippen LogP contribution in [0.3, 0.4) is 0 Å². The first-order chi connectivity index (χ1) is 13.6. The zero-order valence-electron chi connectivity index (χ0n) is 16.3. The predicted octanol–water partition coefficient (Wildman–Crippen LogP) is 4.63. The summed E-state index contributed by atoms with van der Waals surface area (Å²) in [6.07, 6.45) is 0. The van der Waals surface area contributed by atoms with Crippen LogP contribution in [-0.2, 0) is 14.8 Å². The molecule has 0 aliphatic heterocycles. The fraction of sp³-hybridized carbons (Fsp3) is 0.263. The van der Waals surface area contributed by atoms with Gasteiger partial charge in [0.15, 0.2) is 4.34 Å². The number of anilines is 1. The first-order valence-electron chi connectivity index (χ1n) is 8.64. The Labute approximate surface area is 183 Å². The number of carbonyl (C=O) groups excluding carboxylic acids is 1. The van der Waals surface area contributed by atoms with Crippen LogP contribution in [0.2, 0.25) is 5.02 Å². The van der Waals surface area contributed by atoms with Gasteiger partial charge in [-0.3, -0.25) is 4.79 Å². The van der Waals surface area contributed by atoms with Gasteiger partial charge in [0.1, 0.15) is 0 Å². The van der Waals surface area contributed by atoms with E-state index in [-0.39, 0.29) is 10.8 Å². The van der Waals surface area contributed by atoms with Crippen LogP contribution in [0.15, 0.2) is 45.6 Å². The monoisotopic (exact) mass is 469 g/mol. The highest BCUT2D eigenvalue weighted by molar-refractivity contribution is 8.02. The fourth-order valence-electron chi connectivity index (χ4n) is 2.48. The summed E-state index contributed by atoms with van der Waals surface area (Å²) in [4.78, 5) is 17.3. The summed E-state index contributed by atoms with van der Waals surface area (Å²) in [5, 5.41) is 3.04. The number of rotatable bonds is 6. The molecule has 29 heavy (non-hydrogen) atoms. The highest BCUT2D eigenvalue weighted by Gasteiger charge is 2.21. The van der Waals surface area contributed by atoms with Crippen molar-refractivity contribution in [2.45, 2.75) is 28.3 Å². The number of aryl methyl sites for hydroxylation is 1. The van der Waals surface area contributed by atoms with Crippen molar-refractivity contribution in [2.75, 3.05) is 19.4 Å². The van der Waals surface area contributed by atoms with Crippen molar-refractivity contribution in [1.29, 1.82) is 0 Å². The second-order valence-electron chi connectivity index (χ2n) is 6.61. The molecule has 1 unspecified atom stereocenters. The molecule has 0 bridgehead atoms. The third kappa shape index (κ3) is 4.92. The Kier molecular flexibility index (Phi) is 6.54. The number of halogens is 1. The van der Waals surface area contributed by atoms with Crippen molar-refractivity contribution in [3.05, 3.63) is 47.0 Å². The van der Waals surface area contributed by atoms with Crippen molar-refractivity contribution >= 4 is 66.5 Å². The largest absolute Gasteiger partial charge is 0.325 e. The van der Waals surface area contributed by atoms with Gasteiger partial charge in [0.05, 0.1) is 20.4 Å². The Morgan fingerprint density at radius 2 is 1.97 bits per heavy atom. The van der Waals surface area contributed by atoms with E-state index in [4.69, 9.17) is 11.6 Å². The maximum Gasteiger partial charge on any atom is 0.242 e. The number of fused-ring (bicyclic) bond motifs is 1. The van der Waals surface area contributed by atoms with E-state index in [0.29, 0.717) is 10.7 Å². The Balaban J connectivity index is 1.76. The SMILES string of the molecule is Cc1ccc(S(=O)(=O)N(C)C)cc1NC(=O)C(C)Sc1nc2cc(Cl)ccc2s1. The van der Waals surface area contributed by atoms with Gasteiger partial charge in [-0.05, 0) is 49.7 Å². The zero-order chi connectivity index (χ0) is 21.3. The van der Waals surface area contributed by atoms with Gasteiger partial charge < -0.3 is 5.32 Å². The van der Waals surface area contributed by atoms with Gasteiger partial charge in [-0.25, -0.2) is 17.7 Å². The molecule has 154 valence electrons. The van der Waals surface area contributed by atoms with Gasteiger partial charge in [0, 0.05) is 24.8 Å². The molecule has 2 aromatic carbocycles. The van der Waals surface area contributed by atoms with Crippen LogP contribution in [0.1, 0.15) is 12.5 Å². The topological polar surface area (TPSA) is 79.4 Å². The molecular formula is C19H20ClN3O3S3. The molecule has 0 saturated carbocycles. The van der Waals surface area contributed by atoms with Crippen LogP contribution in [0, 0.1) is 6.92 Å². The molecule has 0 aliphatic rings. The first-order valence-corrected chi connectivity index (χ1v) is 12.2. The van der Waals surface area contributed by atoms with Gasteiger partial charge >= 0.3 is 0 Å². The van der Waals surface area contributed by atoms with E-state index in [0.717, 1.165) is 24.4 Å². The minimum absolute atomic E-state index is 0.131. The molecule has 6 nitrogen and oxygen atoms in total. The third-order valence-corrected chi connectivity index (χ3v) is 8.50. The van der Waals surface area contributed by atoms with Gasteiger partial charge in [-0.15, -0.1) is 11.3 Å². The van der Waals surface area contributed by atoms with Crippen LogP contribution in [0.4, 0.5) is 5.69 Å². The summed E-state index contributed by atoms with van der Waals surface area (Å²) in [6, 6.07) is 10.2. The van der Waals surface area contributed by atoms with Gasteiger partial charge in [0.25, 0.3) is 0 Å². The van der Waals surface area contributed by atoms with Gasteiger partial charge in [-0.2, -0.15) is 0 Å². The molecule has 0 spiro atoms. The van der Waals surface area contributed by atoms with Crippen molar-refractivity contribution in [3.8, 4) is 0 Å². The quantitative estimate of drug-likeness (QED) is 0.532. The van der Waals surface area contributed by atoms with Crippen LogP contribution < -0.4 is 5.32 Å². The summed E-state index contributed by atoms with van der Waals surface area (Å²) in [6.45, 7) is 3.60. The number of hydrogen-bond acceptors (Lipinski definition) is 6. The normalized spacial score (nSPS) is 13.0. The second kappa shape index (κ2) is 8.61. The standard InChI is InChI=1S/C19H20ClN3O3S3/c1-11-5-7-14(29(25,26)23(3)4)10-15(11)21-18(24)12(2)27-19-22-16-9-13(20)6-8-17(16)28-19/h5-10,12H,1-4H3,(H,21,24). The lowest BCUT2D eigenvalue weighted by Crippen LogP contribution is -2.24.